The Balaban J connectivity index is 2.25. The highest BCUT2D eigenvalue weighted by molar-refractivity contribution is 5.94. The third-order valence-electron chi connectivity index (χ3n) is 3.22. The molecule has 1 unspecified atom stereocenters. The number of benzene rings is 2. The van der Waals surface area contributed by atoms with Crippen LogP contribution >= 0.6 is 0 Å². The molecule has 1 amide bonds. The minimum Gasteiger partial charge on any atom is -0.496 e. The van der Waals surface area contributed by atoms with Gasteiger partial charge in [-0.2, -0.15) is 0 Å². The molecule has 4 nitrogen and oxygen atoms in total. The maximum absolute atomic E-state index is 13.5. The molecule has 0 aliphatic heterocycles. The van der Waals surface area contributed by atoms with Gasteiger partial charge in [-0.1, -0.05) is 18.2 Å². The predicted octanol–water partition coefficient (Wildman–Crippen LogP) is 3.11. The fourth-order valence-electron chi connectivity index (χ4n) is 2.16. The molecule has 21 heavy (non-hydrogen) atoms. The monoisotopic (exact) mass is 288 g/mol. The third kappa shape index (κ3) is 3.31. The maximum atomic E-state index is 13.5. The number of methoxy groups -OCH3 is 1. The summed E-state index contributed by atoms with van der Waals surface area (Å²) in [7, 11) is 1.61. The minimum atomic E-state index is -0.791. The van der Waals surface area contributed by atoms with Gasteiger partial charge in [0.05, 0.1) is 18.7 Å². The van der Waals surface area contributed by atoms with E-state index in [4.69, 9.17) is 10.5 Å². The molecule has 2 aromatic carbocycles. The van der Waals surface area contributed by atoms with Gasteiger partial charge in [-0.15, -0.1) is 0 Å². The van der Waals surface area contributed by atoms with E-state index in [9.17, 15) is 9.18 Å². The molecule has 0 bridgehead atoms. The zero-order valence-electron chi connectivity index (χ0n) is 11.9. The summed E-state index contributed by atoms with van der Waals surface area (Å²) in [5.41, 5.74) is 6.59. The van der Waals surface area contributed by atoms with Gasteiger partial charge in [-0.05, 0) is 31.2 Å². The largest absolute Gasteiger partial charge is 0.496 e. The van der Waals surface area contributed by atoms with Crippen LogP contribution in [0.25, 0.3) is 0 Å². The molecule has 0 aliphatic carbocycles. The first-order chi connectivity index (χ1) is 10.0. The number of amides is 1. The number of rotatable bonds is 5. The van der Waals surface area contributed by atoms with Crippen molar-refractivity contribution in [3.8, 4) is 5.75 Å². The van der Waals surface area contributed by atoms with Crippen molar-refractivity contribution >= 4 is 11.6 Å². The zero-order chi connectivity index (χ0) is 15.4. The number of primary amides is 1. The number of anilines is 1. The molecule has 1 atom stereocenters. The Morgan fingerprint density at radius 2 is 2.00 bits per heavy atom. The first kappa shape index (κ1) is 14.8. The van der Waals surface area contributed by atoms with Gasteiger partial charge in [0.25, 0.3) is 5.91 Å². The van der Waals surface area contributed by atoms with E-state index in [1.54, 1.807) is 13.2 Å². The van der Waals surface area contributed by atoms with Crippen molar-refractivity contribution in [2.75, 3.05) is 12.4 Å². The number of carbonyl (C=O) groups excluding carboxylic acids is 1. The topological polar surface area (TPSA) is 64.3 Å². The smallest absolute Gasteiger partial charge is 0.251 e. The highest BCUT2D eigenvalue weighted by atomic mass is 19.1. The molecule has 5 heteroatoms. The van der Waals surface area contributed by atoms with Gasteiger partial charge in [0, 0.05) is 11.3 Å². The summed E-state index contributed by atoms with van der Waals surface area (Å²) >= 11 is 0. The Bertz CT molecular complexity index is 658. The Hall–Kier alpha value is -2.56. The average molecular weight is 288 g/mol. The summed E-state index contributed by atoms with van der Waals surface area (Å²) in [5.74, 6) is -0.658. The van der Waals surface area contributed by atoms with Crippen LogP contribution in [0, 0.1) is 5.82 Å². The number of carbonyl (C=O) groups is 1. The van der Waals surface area contributed by atoms with Crippen molar-refractivity contribution < 1.29 is 13.9 Å². The van der Waals surface area contributed by atoms with E-state index < -0.39 is 11.7 Å². The first-order valence-electron chi connectivity index (χ1n) is 6.51. The minimum absolute atomic E-state index is 0.0765. The maximum Gasteiger partial charge on any atom is 0.251 e. The molecule has 2 aromatic rings. The molecule has 0 radical (unpaired) electrons. The van der Waals surface area contributed by atoms with E-state index in [-0.39, 0.29) is 11.6 Å². The fraction of sp³-hybridized carbons (Fsp3) is 0.188. The standard InChI is InChI=1S/C16H17FN2O2/c1-10(12-5-3-4-6-15(12)21-2)19-11-7-8-14(17)13(9-11)16(18)20/h3-10,19H,1-2H3,(H2,18,20). The van der Waals surface area contributed by atoms with E-state index >= 15 is 0 Å². The second kappa shape index (κ2) is 6.26. The van der Waals surface area contributed by atoms with Gasteiger partial charge in [0.15, 0.2) is 0 Å². The van der Waals surface area contributed by atoms with E-state index in [2.05, 4.69) is 5.32 Å². The van der Waals surface area contributed by atoms with Gasteiger partial charge >= 0.3 is 0 Å². The van der Waals surface area contributed by atoms with Gasteiger partial charge in [-0.25, -0.2) is 4.39 Å². The van der Waals surface area contributed by atoms with Crippen LogP contribution in [0.15, 0.2) is 42.5 Å². The lowest BCUT2D eigenvalue weighted by Gasteiger charge is -2.18. The third-order valence-corrected chi connectivity index (χ3v) is 3.22. The van der Waals surface area contributed by atoms with Crippen molar-refractivity contribution in [2.24, 2.45) is 5.73 Å². The van der Waals surface area contributed by atoms with Gasteiger partial charge < -0.3 is 15.8 Å². The molecule has 0 aromatic heterocycles. The summed E-state index contributed by atoms with van der Waals surface area (Å²) in [6.07, 6.45) is 0. The van der Waals surface area contributed by atoms with Gasteiger partial charge in [-0.3, -0.25) is 4.79 Å². The Morgan fingerprint density at radius 1 is 1.29 bits per heavy atom. The van der Waals surface area contributed by atoms with Crippen LogP contribution in [-0.2, 0) is 0 Å². The summed E-state index contributed by atoms with van der Waals surface area (Å²) in [6.45, 7) is 1.95. The van der Waals surface area contributed by atoms with Crippen molar-refractivity contribution in [1.82, 2.24) is 0 Å². The lowest BCUT2D eigenvalue weighted by molar-refractivity contribution is 0.0996. The second-order valence-corrected chi connectivity index (χ2v) is 4.67. The molecule has 0 saturated carbocycles. The summed E-state index contributed by atoms with van der Waals surface area (Å²) in [4.78, 5) is 11.2. The van der Waals surface area contributed by atoms with Gasteiger partial charge in [0.2, 0.25) is 0 Å². The number of hydrogen-bond acceptors (Lipinski definition) is 3. The molecule has 2 rings (SSSR count). The summed E-state index contributed by atoms with van der Waals surface area (Å²) < 4.78 is 18.8. The van der Waals surface area contributed by atoms with Crippen LogP contribution in [0.5, 0.6) is 5.75 Å². The molecule has 0 spiro atoms. The predicted molar refractivity (Wildman–Crippen MR) is 79.9 cm³/mol. The lowest BCUT2D eigenvalue weighted by atomic mass is 10.1. The molecule has 0 heterocycles. The molecule has 110 valence electrons. The number of nitrogens with two attached hydrogens (primary N) is 1. The Kier molecular flexibility index (Phi) is 4.42. The van der Waals surface area contributed by atoms with Crippen LogP contribution in [-0.4, -0.2) is 13.0 Å². The van der Waals surface area contributed by atoms with Gasteiger partial charge in [0.1, 0.15) is 11.6 Å². The van der Waals surface area contributed by atoms with Crippen LogP contribution in [0.1, 0.15) is 28.9 Å². The van der Waals surface area contributed by atoms with Crippen molar-refractivity contribution in [1.29, 1.82) is 0 Å². The summed E-state index contributed by atoms with van der Waals surface area (Å²) in [5, 5.41) is 3.20. The summed E-state index contributed by atoms with van der Waals surface area (Å²) in [6, 6.07) is 11.7. The fourth-order valence-corrected chi connectivity index (χ4v) is 2.16. The SMILES string of the molecule is COc1ccccc1C(C)Nc1ccc(F)c(C(N)=O)c1. The lowest BCUT2D eigenvalue weighted by Crippen LogP contribution is -2.14. The van der Waals surface area contributed by atoms with E-state index in [1.165, 1.54) is 12.1 Å². The molecule has 3 N–H and O–H groups in total. The zero-order valence-corrected chi connectivity index (χ0v) is 11.9. The van der Waals surface area contributed by atoms with Crippen molar-refractivity contribution in [3.05, 3.63) is 59.4 Å². The van der Waals surface area contributed by atoms with E-state index in [1.807, 2.05) is 31.2 Å². The number of halogens is 1. The molecule has 0 aliphatic rings. The van der Waals surface area contributed by atoms with Crippen molar-refractivity contribution in [2.45, 2.75) is 13.0 Å². The van der Waals surface area contributed by atoms with Crippen LogP contribution in [0.4, 0.5) is 10.1 Å². The van der Waals surface area contributed by atoms with E-state index in [0.29, 0.717) is 5.69 Å². The van der Waals surface area contributed by atoms with Crippen LogP contribution in [0.2, 0.25) is 0 Å². The molecular formula is C16H17FN2O2. The quantitative estimate of drug-likeness (QED) is 0.888. The van der Waals surface area contributed by atoms with Crippen LogP contribution in [0.3, 0.4) is 0 Å². The van der Waals surface area contributed by atoms with Crippen molar-refractivity contribution in [3.63, 3.8) is 0 Å². The molecule has 0 fully saturated rings. The highest BCUT2D eigenvalue weighted by Crippen LogP contribution is 2.27. The first-order valence-corrected chi connectivity index (χ1v) is 6.51. The number of para-hydroxylation sites is 1. The second-order valence-electron chi connectivity index (χ2n) is 4.67. The van der Waals surface area contributed by atoms with E-state index in [0.717, 1.165) is 11.3 Å². The normalized spacial score (nSPS) is 11.8. The number of hydrogen-bond donors (Lipinski definition) is 2. The highest BCUT2D eigenvalue weighted by Gasteiger charge is 2.13. The Labute approximate surface area is 122 Å². The van der Waals surface area contributed by atoms with Crippen LogP contribution < -0.4 is 15.8 Å². The molecular weight excluding hydrogens is 271 g/mol. The number of ether oxygens (including phenoxy) is 1. The number of nitrogens with one attached hydrogen (secondary N) is 1. The Morgan fingerprint density at radius 3 is 2.67 bits per heavy atom. The molecule has 0 saturated heterocycles. The average Bonchev–Trinajstić information content (AvgIpc) is 2.48.